The number of hydrogen-bond donors (Lipinski definition) is 0. The molecule has 0 aliphatic heterocycles. The smallest absolute Gasteiger partial charge is 0.442 e. The predicted octanol–water partition coefficient (Wildman–Crippen LogP) is 2.50. The average molecular weight is 268 g/mol. The standard InChI is InChI=1S/C15H12N2O3/c1-19-13-9-7-11(8-10-13)14-16-17(15(18)20-14)12-5-3-2-4-6-12/h2-10H,1H3. The predicted molar refractivity (Wildman–Crippen MR) is 74.1 cm³/mol. The molecule has 0 aliphatic rings. The maximum Gasteiger partial charge on any atom is 0.442 e. The van der Waals surface area contributed by atoms with Crippen molar-refractivity contribution in [3.05, 3.63) is 65.1 Å². The fourth-order valence-electron chi connectivity index (χ4n) is 1.86. The van der Waals surface area contributed by atoms with Gasteiger partial charge in [0.05, 0.1) is 12.8 Å². The van der Waals surface area contributed by atoms with E-state index in [1.807, 2.05) is 18.2 Å². The Labute approximate surface area is 115 Å². The molecule has 0 amide bonds. The van der Waals surface area contributed by atoms with Crippen molar-refractivity contribution in [2.75, 3.05) is 7.11 Å². The first-order valence-corrected chi connectivity index (χ1v) is 6.08. The number of ether oxygens (including phenoxy) is 1. The van der Waals surface area contributed by atoms with Crippen LogP contribution in [0.5, 0.6) is 5.75 Å². The van der Waals surface area contributed by atoms with Gasteiger partial charge < -0.3 is 9.15 Å². The van der Waals surface area contributed by atoms with Crippen molar-refractivity contribution >= 4 is 0 Å². The molecule has 0 radical (unpaired) electrons. The van der Waals surface area contributed by atoms with E-state index in [0.29, 0.717) is 5.69 Å². The Morgan fingerprint density at radius 3 is 2.40 bits per heavy atom. The van der Waals surface area contributed by atoms with E-state index >= 15 is 0 Å². The summed E-state index contributed by atoms with van der Waals surface area (Å²) in [7, 11) is 1.60. The number of nitrogens with zero attached hydrogens (tertiary/aromatic N) is 2. The van der Waals surface area contributed by atoms with Crippen LogP contribution >= 0.6 is 0 Å². The van der Waals surface area contributed by atoms with Gasteiger partial charge in [-0.15, -0.1) is 5.10 Å². The van der Waals surface area contributed by atoms with Gasteiger partial charge in [0.25, 0.3) is 0 Å². The lowest BCUT2D eigenvalue weighted by Crippen LogP contribution is -2.12. The summed E-state index contributed by atoms with van der Waals surface area (Å²) in [5, 5.41) is 4.20. The Bertz CT molecular complexity index is 758. The van der Waals surface area contributed by atoms with Gasteiger partial charge in [-0.05, 0) is 36.4 Å². The fourth-order valence-corrected chi connectivity index (χ4v) is 1.86. The zero-order chi connectivity index (χ0) is 13.9. The quantitative estimate of drug-likeness (QED) is 0.732. The highest BCUT2D eigenvalue weighted by molar-refractivity contribution is 5.54. The first-order chi connectivity index (χ1) is 9.78. The number of methoxy groups -OCH3 is 1. The molecule has 0 spiro atoms. The monoisotopic (exact) mass is 268 g/mol. The van der Waals surface area contributed by atoms with Crippen molar-refractivity contribution in [2.24, 2.45) is 0 Å². The third-order valence-electron chi connectivity index (χ3n) is 2.89. The molecule has 0 saturated carbocycles. The molecular formula is C15H12N2O3. The number of rotatable bonds is 3. The molecule has 3 rings (SSSR count). The first kappa shape index (κ1) is 12.2. The van der Waals surface area contributed by atoms with Gasteiger partial charge in [0.2, 0.25) is 5.89 Å². The molecule has 1 heterocycles. The molecule has 5 heteroatoms. The summed E-state index contributed by atoms with van der Waals surface area (Å²) in [5.74, 6) is 0.502. The van der Waals surface area contributed by atoms with Gasteiger partial charge in [-0.3, -0.25) is 0 Å². The zero-order valence-electron chi connectivity index (χ0n) is 10.8. The third-order valence-corrected chi connectivity index (χ3v) is 2.89. The van der Waals surface area contributed by atoms with Gasteiger partial charge in [-0.25, -0.2) is 4.79 Å². The van der Waals surface area contributed by atoms with E-state index in [4.69, 9.17) is 9.15 Å². The maximum absolute atomic E-state index is 11.8. The maximum atomic E-state index is 11.8. The van der Waals surface area contributed by atoms with E-state index in [2.05, 4.69) is 5.10 Å². The summed E-state index contributed by atoms with van der Waals surface area (Å²) in [4.78, 5) is 11.8. The summed E-state index contributed by atoms with van der Waals surface area (Å²) in [6, 6.07) is 16.3. The second-order valence-electron chi connectivity index (χ2n) is 4.15. The van der Waals surface area contributed by atoms with Crippen LogP contribution in [0.15, 0.2) is 63.8 Å². The van der Waals surface area contributed by atoms with Crippen molar-refractivity contribution in [1.82, 2.24) is 9.78 Å². The Kier molecular flexibility index (Phi) is 3.09. The summed E-state index contributed by atoms with van der Waals surface area (Å²) in [5.41, 5.74) is 1.39. The van der Waals surface area contributed by atoms with Crippen molar-refractivity contribution in [2.45, 2.75) is 0 Å². The normalized spacial score (nSPS) is 10.4. The molecule has 0 saturated heterocycles. The van der Waals surface area contributed by atoms with Gasteiger partial charge in [0, 0.05) is 5.56 Å². The van der Waals surface area contributed by atoms with E-state index in [9.17, 15) is 4.79 Å². The fraction of sp³-hybridized carbons (Fsp3) is 0.0667. The third kappa shape index (κ3) is 2.21. The van der Waals surface area contributed by atoms with Crippen molar-refractivity contribution < 1.29 is 9.15 Å². The first-order valence-electron chi connectivity index (χ1n) is 6.08. The van der Waals surface area contributed by atoms with Gasteiger partial charge >= 0.3 is 5.76 Å². The van der Waals surface area contributed by atoms with E-state index in [0.717, 1.165) is 11.3 Å². The topological polar surface area (TPSA) is 57.3 Å². The van der Waals surface area contributed by atoms with E-state index in [1.54, 1.807) is 43.5 Å². The van der Waals surface area contributed by atoms with Crippen molar-refractivity contribution in [3.63, 3.8) is 0 Å². The van der Waals surface area contributed by atoms with E-state index < -0.39 is 5.76 Å². The Morgan fingerprint density at radius 2 is 1.75 bits per heavy atom. The van der Waals surface area contributed by atoms with Crippen LogP contribution in [0.1, 0.15) is 0 Å². The second-order valence-corrected chi connectivity index (χ2v) is 4.15. The van der Waals surface area contributed by atoms with E-state index in [-0.39, 0.29) is 5.89 Å². The number of aromatic nitrogens is 2. The SMILES string of the molecule is COc1ccc(-c2nn(-c3ccccc3)c(=O)o2)cc1. The molecule has 20 heavy (non-hydrogen) atoms. The van der Waals surface area contributed by atoms with Crippen LogP contribution in [0.25, 0.3) is 17.1 Å². The van der Waals surface area contributed by atoms with E-state index in [1.165, 1.54) is 4.68 Å². The van der Waals surface area contributed by atoms with Crippen LogP contribution in [0.4, 0.5) is 0 Å². The molecule has 1 aromatic heterocycles. The van der Waals surface area contributed by atoms with Crippen LogP contribution in [-0.2, 0) is 0 Å². The van der Waals surface area contributed by atoms with Crippen LogP contribution in [-0.4, -0.2) is 16.9 Å². The number of para-hydroxylation sites is 1. The van der Waals surface area contributed by atoms with Gasteiger partial charge in [-0.2, -0.15) is 4.68 Å². The highest BCUT2D eigenvalue weighted by Crippen LogP contribution is 2.20. The molecule has 0 bridgehead atoms. The molecule has 0 fully saturated rings. The van der Waals surface area contributed by atoms with Crippen molar-refractivity contribution in [1.29, 1.82) is 0 Å². The molecule has 5 nitrogen and oxygen atoms in total. The van der Waals surface area contributed by atoms with Crippen molar-refractivity contribution in [3.8, 4) is 22.9 Å². The van der Waals surface area contributed by atoms with Gasteiger partial charge in [0.1, 0.15) is 5.75 Å². The summed E-state index contributed by atoms with van der Waals surface area (Å²) >= 11 is 0. The zero-order valence-corrected chi connectivity index (χ0v) is 10.8. The van der Waals surface area contributed by atoms with Gasteiger partial charge in [-0.1, -0.05) is 18.2 Å². The highest BCUT2D eigenvalue weighted by Gasteiger charge is 2.11. The van der Waals surface area contributed by atoms with Crippen LogP contribution in [0, 0.1) is 0 Å². The second kappa shape index (κ2) is 5.05. The molecule has 0 N–H and O–H groups in total. The number of benzene rings is 2. The summed E-state index contributed by atoms with van der Waals surface area (Å²) < 4.78 is 11.5. The molecule has 3 aromatic rings. The molecule has 0 aliphatic carbocycles. The minimum atomic E-state index is -0.512. The van der Waals surface area contributed by atoms with Crippen LogP contribution in [0.2, 0.25) is 0 Å². The Hall–Kier alpha value is -2.82. The lowest BCUT2D eigenvalue weighted by molar-refractivity contribution is 0.415. The molecule has 0 atom stereocenters. The average Bonchev–Trinajstić information content (AvgIpc) is 2.90. The minimum Gasteiger partial charge on any atom is -0.497 e. The number of hydrogen-bond acceptors (Lipinski definition) is 4. The van der Waals surface area contributed by atoms with Gasteiger partial charge in [0.15, 0.2) is 0 Å². The van der Waals surface area contributed by atoms with Crippen LogP contribution < -0.4 is 10.5 Å². The minimum absolute atomic E-state index is 0.279. The molecular weight excluding hydrogens is 256 g/mol. The summed E-state index contributed by atoms with van der Waals surface area (Å²) in [6.45, 7) is 0. The molecule has 100 valence electrons. The Morgan fingerprint density at radius 1 is 1.05 bits per heavy atom. The molecule has 2 aromatic carbocycles. The largest absolute Gasteiger partial charge is 0.497 e. The highest BCUT2D eigenvalue weighted by atomic mass is 16.5. The lowest BCUT2D eigenvalue weighted by Gasteiger charge is -1.99. The lowest BCUT2D eigenvalue weighted by atomic mass is 10.2. The molecule has 0 unspecified atom stereocenters. The summed E-state index contributed by atoms with van der Waals surface area (Å²) in [6.07, 6.45) is 0. The van der Waals surface area contributed by atoms with Crippen LogP contribution in [0.3, 0.4) is 0 Å². The Balaban J connectivity index is 2.02.